The summed E-state index contributed by atoms with van der Waals surface area (Å²) in [5, 5.41) is 21.1. The van der Waals surface area contributed by atoms with Crippen molar-refractivity contribution >= 4 is 34.4 Å². The average molecular weight is 315 g/mol. The number of aryl methyl sites for hydroxylation is 2. The highest BCUT2D eigenvalue weighted by atomic mass is 16.4. The Morgan fingerprint density at radius 2 is 1.21 bits per heavy atom. The third kappa shape index (κ3) is 2.32. The molecule has 0 aliphatic rings. The van der Waals surface area contributed by atoms with E-state index in [2.05, 4.69) is 54.8 Å². The normalized spacial score (nSPS) is 11.3. The molecular weight excluding hydrogens is 297 g/mol. The molecule has 0 amide bonds. The van der Waals surface area contributed by atoms with Gasteiger partial charge in [-0.05, 0) is 55.7 Å². The fourth-order valence-electron chi connectivity index (χ4n) is 3.32. The quantitative estimate of drug-likeness (QED) is 0.558. The Morgan fingerprint density at radius 3 is 1.67 bits per heavy atom. The first kappa shape index (κ1) is 15.0. The summed E-state index contributed by atoms with van der Waals surface area (Å²) in [6, 6.07) is 20.3. The molecular formula is C20H18BNO2. The second-order valence-electron chi connectivity index (χ2n) is 6.34. The molecule has 118 valence electrons. The van der Waals surface area contributed by atoms with Gasteiger partial charge in [0, 0.05) is 16.5 Å². The first-order valence-electron chi connectivity index (χ1n) is 8.02. The minimum absolute atomic E-state index is 0.492. The summed E-state index contributed by atoms with van der Waals surface area (Å²) in [4.78, 5) is 0. The maximum atomic E-state index is 9.30. The van der Waals surface area contributed by atoms with Crippen molar-refractivity contribution in [2.24, 2.45) is 0 Å². The zero-order valence-corrected chi connectivity index (χ0v) is 13.7. The minimum Gasteiger partial charge on any atom is -0.423 e. The molecule has 4 aromatic rings. The Balaban J connectivity index is 2.06. The van der Waals surface area contributed by atoms with Crippen molar-refractivity contribution in [3.05, 3.63) is 71.8 Å². The Hall–Kier alpha value is -2.56. The predicted octanol–water partition coefficient (Wildman–Crippen LogP) is 3.08. The summed E-state index contributed by atoms with van der Waals surface area (Å²) >= 11 is 0. The van der Waals surface area contributed by atoms with Crippen LogP contribution in [0.4, 0.5) is 0 Å². The zero-order chi connectivity index (χ0) is 16.8. The molecule has 1 heterocycles. The molecule has 0 saturated carbocycles. The van der Waals surface area contributed by atoms with Gasteiger partial charge >= 0.3 is 7.12 Å². The number of benzene rings is 3. The molecule has 0 bridgehead atoms. The molecule has 0 aliphatic heterocycles. The zero-order valence-electron chi connectivity index (χ0n) is 13.7. The molecule has 0 aliphatic carbocycles. The SMILES string of the molecule is Cc1ccc2c(c1)c1cc(C)ccc1n2-c1ccc(B(O)O)cc1. The number of fused-ring (bicyclic) bond motifs is 3. The van der Waals surface area contributed by atoms with E-state index in [1.807, 2.05) is 12.1 Å². The third-order valence-electron chi connectivity index (χ3n) is 4.53. The van der Waals surface area contributed by atoms with Crippen LogP contribution in [0.2, 0.25) is 0 Å². The fourth-order valence-corrected chi connectivity index (χ4v) is 3.32. The van der Waals surface area contributed by atoms with Crippen LogP contribution in [-0.2, 0) is 0 Å². The van der Waals surface area contributed by atoms with Crippen LogP contribution < -0.4 is 5.46 Å². The third-order valence-corrected chi connectivity index (χ3v) is 4.53. The van der Waals surface area contributed by atoms with Crippen molar-refractivity contribution in [1.82, 2.24) is 4.57 Å². The monoisotopic (exact) mass is 315 g/mol. The van der Waals surface area contributed by atoms with Crippen LogP contribution in [0, 0.1) is 13.8 Å². The Bertz CT molecular complexity index is 990. The first-order valence-corrected chi connectivity index (χ1v) is 8.02. The van der Waals surface area contributed by atoms with E-state index < -0.39 is 7.12 Å². The van der Waals surface area contributed by atoms with Gasteiger partial charge in [0.25, 0.3) is 0 Å². The summed E-state index contributed by atoms with van der Waals surface area (Å²) in [6.07, 6.45) is 0. The van der Waals surface area contributed by atoms with Gasteiger partial charge in [-0.2, -0.15) is 0 Å². The molecule has 0 radical (unpaired) electrons. The average Bonchev–Trinajstić information content (AvgIpc) is 2.88. The van der Waals surface area contributed by atoms with Crippen LogP contribution in [0.5, 0.6) is 0 Å². The second kappa shape index (κ2) is 5.51. The predicted molar refractivity (Wildman–Crippen MR) is 100 cm³/mol. The summed E-state index contributed by atoms with van der Waals surface area (Å²) < 4.78 is 2.22. The number of nitrogens with zero attached hydrogens (tertiary/aromatic N) is 1. The van der Waals surface area contributed by atoms with Crippen molar-refractivity contribution in [2.75, 3.05) is 0 Å². The van der Waals surface area contributed by atoms with Gasteiger partial charge < -0.3 is 14.6 Å². The molecule has 4 rings (SSSR count). The Kier molecular flexibility index (Phi) is 3.45. The van der Waals surface area contributed by atoms with E-state index >= 15 is 0 Å². The van der Waals surface area contributed by atoms with Gasteiger partial charge in [-0.1, -0.05) is 35.4 Å². The standard InChI is InChI=1S/C20H18BNO2/c1-13-3-9-19-17(11-13)18-12-14(2)4-10-20(18)22(19)16-7-5-15(6-8-16)21(23)24/h3-12,23-24H,1-2H3. The molecule has 3 aromatic carbocycles. The highest BCUT2D eigenvalue weighted by molar-refractivity contribution is 6.58. The van der Waals surface area contributed by atoms with Crippen molar-refractivity contribution in [2.45, 2.75) is 13.8 Å². The number of hydrogen-bond acceptors (Lipinski definition) is 2. The smallest absolute Gasteiger partial charge is 0.423 e. The van der Waals surface area contributed by atoms with Crippen molar-refractivity contribution in [3.63, 3.8) is 0 Å². The van der Waals surface area contributed by atoms with E-state index in [0.29, 0.717) is 5.46 Å². The van der Waals surface area contributed by atoms with Gasteiger partial charge in [-0.15, -0.1) is 0 Å². The lowest BCUT2D eigenvalue weighted by Crippen LogP contribution is -2.29. The maximum absolute atomic E-state index is 9.30. The summed E-state index contributed by atoms with van der Waals surface area (Å²) in [6.45, 7) is 4.21. The van der Waals surface area contributed by atoms with Gasteiger partial charge in [-0.3, -0.25) is 0 Å². The molecule has 0 spiro atoms. The minimum atomic E-state index is -1.44. The number of hydrogen-bond donors (Lipinski definition) is 2. The second-order valence-corrected chi connectivity index (χ2v) is 6.34. The molecule has 1 aromatic heterocycles. The summed E-state index contributed by atoms with van der Waals surface area (Å²) in [7, 11) is -1.44. The van der Waals surface area contributed by atoms with E-state index in [9.17, 15) is 10.0 Å². The van der Waals surface area contributed by atoms with Gasteiger partial charge in [0.05, 0.1) is 11.0 Å². The molecule has 0 saturated heterocycles. The van der Waals surface area contributed by atoms with Gasteiger partial charge in [0.15, 0.2) is 0 Å². The highest BCUT2D eigenvalue weighted by Crippen LogP contribution is 2.32. The van der Waals surface area contributed by atoms with E-state index in [-0.39, 0.29) is 0 Å². The van der Waals surface area contributed by atoms with Crippen molar-refractivity contribution in [1.29, 1.82) is 0 Å². The molecule has 24 heavy (non-hydrogen) atoms. The van der Waals surface area contributed by atoms with Crippen LogP contribution >= 0.6 is 0 Å². The molecule has 3 nitrogen and oxygen atoms in total. The number of rotatable bonds is 2. The largest absolute Gasteiger partial charge is 0.488 e. The van der Waals surface area contributed by atoms with Crippen molar-refractivity contribution < 1.29 is 10.0 Å². The lowest BCUT2D eigenvalue weighted by atomic mass is 9.80. The molecule has 0 atom stereocenters. The maximum Gasteiger partial charge on any atom is 0.488 e. The lowest BCUT2D eigenvalue weighted by molar-refractivity contribution is 0.426. The van der Waals surface area contributed by atoms with Crippen LogP contribution in [0.15, 0.2) is 60.7 Å². The summed E-state index contributed by atoms with van der Waals surface area (Å²) in [5.74, 6) is 0. The molecule has 0 fully saturated rings. The molecule has 0 unspecified atom stereocenters. The number of aromatic nitrogens is 1. The van der Waals surface area contributed by atoms with Gasteiger partial charge in [0.1, 0.15) is 0 Å². The van der Waals surface area contributed by atoms with E-state index in [0.717, 1.165) is 16.7 Å². The molecule has 4 heteroatoms. The van der Waals surface area contributed by atoms with E-state index in [1.54, 1.807) is 12.1 Å². The van der Waals surface area contributed by atoms with Crippen molar-refractivity contribution in [3.8, 4) is 5.69 Å². The Labute approximate surface area is 140 Å². The van der Waals surface area contributed by atoms with Gasteiger partial charge in [0.2, 0.25) is 0 Å². The molecule has 2 N–H and O–H groups in total. The van der Waals surface area contributed by atoms with Crippen LogP contribution in [0.1, 0.15) is 11.1 Å². The van der Waals surface area contributed by atoms with E-state index in [4.69, 9.17) is 0 Å². The fraction of sp³-hybridized carbons (Fsp3) is 0.100. The van der Waals surface area contributed by atoms with E-state index in [1.165, 1.54) is 21.9 Å². The topological polar surface area (TPSA) is 45.4 Å². The van der Waals surface area contributed by atoms with Crippen LogP contribution in [-0.4, -0.2) is 21.7 Å². The lowest BCUT2D eigenvalue weighted by Gasteiger charge is -2.09. The van der Waals surface area contributed by atoms with Crippen LogP contribution in [0.25, 0.3) is 27.5 Å². The van der Waals surface area contributed by atoms with Gasteiger partial charge in [-0.25, -0.2) is 0 Å². The summed E-state index contributed by atoms with van der Waals surface area (Å²) in [5.41, 5.74) is 6.28. The highest BCUT2D eigenvalue weighted by Gasteiger charge is 2.14. The first-order chi connectivity index (χ1) is 11.5. The van der Waals surface area contributed by atoms with Crippen LogP contribution in [0.3, 0.4) is 0 Å². The Morgan fingerprint density at radius 1 is 0.708 bits per heavy atom.